The van der Waals surface area contributed by atoms with Crippen LogP contribution < -0.4 is 16.0 Å². The molecule has 1 aromatic carbocycles. The number of hydrogen-bond donors (Lipinski definition) is 3. The van der Waals surface area contributed by atoms with Crippen LogP contribution in [-0.2, 0) is 9.59 Å². The highest BCUT2D eigenvalue weighted by molar-refractivity contribution is 5.90. The summed E-state index contributed by atoms with van der Waals surface area (Å²) in [6.45, 7) is 4.55. The normalized spacial score (nSPS) is 9.67. The summed E-state index contributed by atoms with van der Waals surface area (Å²) in [7, 11) is 0. The molecule has 3 N–H and O–H groups in total. The fourth-order valence-corrected chi connectivity index (χ4v) is 1.36. The first-order valence-corrected chi connectivity index (χ1v) is 6.06. The first kappa shape index (κ1) is 14.0. The number of amides is 2. The molecule has 0 aliphatic heterocycles. The predicted octanol–water partition coefficient (Wildman–Crippen LogP) is 1.58. The van der Waals surface area contributed by atoms with Crippen molar-refractivity contribution in [2.75, 3.05) is 23.7 Å². The molecule has 0 aliphatic carbocycles. The minimum absolute atomic E-state index is 0.0157. The van der Waals surface area contributed by atoms with Crippen molar-refractivity contribution < 1.29 is 9.59 Å². The number of nitrogens with one attached hydrogen (secondary N) is 3. The average molecular weight is 249 g/mol. The van der Waals surface area contributed by atoms with Gasteiger partial charge in [0, 0.05) is 24.3 Å². The third kappa shape index (κ3) is 4.86. The third-order valence-corrected chi connectivity index (χ3v) is 2.32. The largest absolute Gasteiger partial charge is 0.376 e. The van der Waals surface area contributed by atoms with E-state index in [1.165, 1.54) is 0 Å². The molecule has 0 heterocycles. The fourth-order valence-electron chi connectivity index (χ4n) is 1.36. The van der Waals surface area contributed by atoms with Crippen LogP contribution in [0.15, 0.2) is 24.3 Å². The van der Waals surface area contributed by atoms with Gasteiger partial charge in [-0.05, 0) is 31.2 Å². The van der Waals surface area contributed by atoms with Crippen LogP contribution in [0.3, 0.4) is 0 Å². The van der Waals surface area contributed by atoms with Crippen LogP contribution >= 0.6 is 0 Å². The van der Waals surface area contributed by atoms with Crippen LogP contribution in [0.5, 0.6) is 0 Å². The first-order valence-electron chi connectivity index (χ1n) is 6.06. The molecule has 0 fully saturated rings. The summed E-state index contributed by atoms with van der Waals surface area (Å²) in [6, 6.07) is 7.25. The van der Waals surface area contributed by atoms with E-state index in [-0.39, 0.29) is 18.4 Å². The molecule has 98 valence electrons. The van der Waals surface area contributed by atoms with Crippen LogP contribution in [0.4, 0.5) is 11.4 Å². The van der Waals surface area contributed by atoms with Gasteiger partial charge in [0.05, 0.1) is 6.54 Å². The first-order chi connectivity index (χ1) is 8.65. The zero-order valence-electron chi connectivity index (χ0n) is 10.7. The smallest absolute Gasteiger partial charge is 0.239 e. The minimum atomic E-state index is -0.0409. The Morgan fingerprint density at radius 1 is 1.00 bits per heavy atom. The van der Waals surface area contributed by atoms with Crippen LogP contribution in [0, 0.1) is 0 Å². The van der Waals surface area contributed by atoms with Gasteiger partial charge in [0.1, 0.15) is 0 Å². The summed E-state index contributed by atoms with van der Waals surface area (Å²) in [5, 5.41) is 8.46. The second-order valence-electron chi connectivity index (χ2n) is 3.79. The van der Waals surface area contributed by atoms with Gasteiger partial charge in [0.2, 0.25) is 11.8 Å². The maximum Gasteiger partial charge on any atom is 0.239 e. The van der Waals surface area contributed by atoms with Gasteiger partial charge in [0.25, 0.3) is 0 Å². The lowest BCUT2D eigenvalue weighted by Gasteiger charge is -2.08. The molecular formula is C13H19N3O2. The zero-order chi connectivity index (χ0) is 13.4. The molecule has 0 saturated carbocycles. The van der Waals surface area contributed by atoms with Gasteiger partial charge in [-0.15, -0.1) is 0 Å². The Hall–Kier alpha value is -2.04. The Labute approximate surface area is 107 Å². The van der Waals surface area contributed by atoms with Crippen LogP contribution in [0.2, 0.25) is 0 Å². The van der Waals surface area contributed by atoms with E-state index in [2.05, 4.69) is 16.0 Å². The maximum absolute atomic E-state index is 11.2. The summed E-state index contributed by atoms with van der Waals surface area (Å²) in [5.74, 6) is -0.0566. The summed E-state index contributed by atoms with van der Waals surface area (Å²) >= 11 is 0. The van der Waals surface area contributed by atoms with Crippen molar-refractivity contribution in [1.82, 2.24) is 5.32 Å². The summed E-state index contributed by atoms with van der Waals surface area (Å²) in [4.78, 5) is 22.4. The molecule has 0 bridgehead atoms. The molecule has 5 nitrogen and oxygen atoms in total. The summed E-state index contributed by atoms with van der Waals surface area (Å²) in [6.07, 6.45) is 0.456. The highest BCUT2D eigenvalue weighted by Gasteiger charge is 2.01. The molecule has 0 aromatic heterocycles. The highest BCUT2D eigenvalue weighted by atomic mass is 16.2. The lowest BCUT2D eigenvalue weighted by atomic mass is 10.2. The van der Waals surface area contributed by atoms with Crippen molar-refractivity contribution in [3.05, 3.63) is 24.3 Å². The Morgan fingerprint density at radius 2 is 1.61 bits per heavy atom. The number of carbonyl (C=O) groups is 2. The Balaban J connectivity index is 2.45. The molecule has 2 amide bonds. The topological polar surface area (TPSA) is 70.2 Å². The Bertz CT molecular complexity index is 401. The second kappa shape index (κ2) is 7.32. The molecule has 5 heteroatoms. The number of carbonyl (C=O) groups excluding carboxylic acids is 2. The highest BCUT2D eigenvalue weighted by Crippen LogP contribution is 2.13. The fraction of sp³-hybridized carbons (Fsp3) is 0.385. The number of anilines is 2. The van der Waals surface area contributed by atoms with Gasteiger partial charge in [-0.1, -0.05) is 6.92 Å². The number of hydrogen-bond acceptors (Lipinski definition) is 3. The van der Waals surface area contributed by atoms with Gasteiger partial charge in [-0.2, -0.15) is 0 Å². The zero-order valence-corrected chi connectivity index (χ0v) is 10.7. The van der Waals surface area contributed by atoms with E-state index in [1.807, 2.05) is 19.1 Å². The van der Waals surface area contributed by atoms with E-state index in [0.29, 0.717) is 13.0 Å². The number of likely N-dealkylation sites (N-methyl/N-ethyl adjacent to an activating group) is 1. The van der Waals surface area contributed by atoms with Crippen molar-refractivity contribution >= 4 is 23.2 Å². The predicted molar refractivity (Wildman–Crippen MR) is 72.5 cm³/mol. The van der Waals surface area contributed by atoms with E-state index >= 15 is 0 Å². The molecule has 0 atom stereocenters. The molecular weight excluding hydrogens is 230 g/mol. The molecule has 0 unspecified atom stereocenters. The van der Waals surface area contributed by atoms with Crippen molar-refractivity contribution in [1.29, 1.82) is 0 Å². The lowest BCUT2D eigenvalue weighted by Crippen LogP contribution is -2.29. The minimum Gasteiger partial charge on any atom is -0.376 e. The van der Waals surface area contributed by atoms with E-state index in [4.69, 9.17) is 0 Å². The van der Waals surface area contributed by atoms with Gasteiger partial charge in [0.15, 0.2) is 0 Å². The molecule has 0 saturated heterocycles. The van der Waals surface area contributed by atoms with Crippen molar-refractivity contribution in [3.63, 3.8) is 0 Å². The average Bonchev–Trinajstić information content (AvgIpc) is 2.38. The van der Waals surface area contributed by atoms with Crippen molar-refractivity contribution in [2.45, 2.75) is 20.3 Å². The molecule has 1 aromatic rings. The number of rotatable bonds is 6. The van der Waals surface area contributed by atoms with Crippen LogP contribution in [-0.4, -0.2) is 24.9 Å². The maximum atomic E-state index is 11.2. The summed E-state index contributed by atoms with van der Waals surface area (Å²) < 4.78 is 0. The van der Waals surface area contributed by atoms with Crippen LogP contribution in [0.25, 0.3) is 0 Å². The monoisotopic (exact) mass is 249 g/mol. The van der Waals surface area contributed by atoms with E-state index in [1.54, 1.807) is 19.1 Å². The SMILES string of the molecule is CCNC(=O)CNc1ccc(NC(=O)CC)cc1. The van der Waals surface area contributed by atoms with Gasteiger partial charge in [-0.3, -0.25) is 9.59 Å². The Morgan fingerprint density at radius 3 is 2.17 bits per heavy atom. The molecule has 0 radical (unpaired) electrons. The summed E-state index contributed by atoms with van der Waals surface area (Å²) in [5.41, 5.74) is 1.60. The number of benzene rings is 1. The lowest BCUT2D eigenvalue weighted by molar-refractivity contribution is -0.119. The quantitative estimate of drug-likeness (QED) is 0.717. The van der Waals surface area contributed by atoms with E-state index in [0.717, 1.165) is 11.4 Å². The van der Waals surface area contributed by atoms with E-state index in [9.17, 15) is 9.59 Å². The third-order valence-electron chi connectivity index (χ3n) is 2.32. The van der Waals surface area contributed by atoms with Gasteiger partial charge >= 0.3 is 0 Å². The van der Waals surface area contributed by atoms with Gasteiger partial charge < -0.3 is 16.0 Å². The second-order valence-corrected chi connectivity index (χ2v) is 3.79. The molecule has 0 aliphatic rings. The standard InChI is InChI=1S/C13H19N3O2/c1-3-12(17)16-11-7-5-10(6-8-11)15-9-13(18)14-4-2/h5-8,15H,3-4,9H2,1-2H3,(H,14,18)(H,16,17). The van der Waals surface area contributed by atoms with Crippen molar-refractivity contribution in [3.8, 4) is 0 Å². The molecule has 18 heavy (non-hydrogen) atoms. The Kier molecular flexibility index (Phi) is 5.70. The van der Waals surface area contributed by atoms with Crippen LogP contribution in [0.1, 0.15) is 20.3 Å². The molecule has 0 spiro atoms. The van der Waals surface area contributed by atoms with Gasteiger partial charge in [-0.25, -0.2) is 0 Å². The van der Waals surface area contributed by atoms with E-state index < -0.39 is 0 Å². The molecule has 1 rings (SSSR count). The van der Waals surface area contributed by atoms with Crippen molar-refractivity contribution in [2.24, 2.45) is 0 Å².